The van der Waals surface area contributed by atoms with E-state index in [0.29, 0.717) is 12.4 Å². The van der Waals surface area contributed by atoms with E-state index < -0.39 is 0 Å². The van der Waals surface area contributed by atoms with Gasteiger partial charge in [0.25, 0.3) is 0 Å². The van der Waals surface area contributed by atoms with Gasteiger partial charge in [-0.1, -0.05) is 48.5 Å². The molecule has 2 rings (SSSR count). The number of nitrogens with one attached hydrogen (secondary N) is 2. The third-order valence-electron chi connectivity index (χ3n) is 2.64. The fourth-order valence-corrected chi connectivity index (χ4v) is 1.88. The molecule has 0 atom stereocenters. The summed E-state index contributed by atoms with van der Waals surface area (Å²) < 4.78 is 0. The Labute approximate surface area is 117 Å². The molecule has 0 aliphatic rings. The van der Waals surface area contributed by atoms with Gasteiger partial charge in [-0.25, -0.2) is 4.79 Å². The van der Waals surface area contributed by atoms with E-state index in [1.165, 1.54) is 0 Å². The monoisotopic (exact) mass is 274 g/mol. The Kier molecular flexibility index (Phi) is 4.81. The topological polar surface area (TPSA) is 41.1 Å². The lowest BCUT2D eigenvalue weighted by molar-refractivity contribution is 0.252. The average Bonchev–Trinajstić information content (AvgIpc) is 2.46. The van der Waals surface area contributed by atoms with Crippen LogP contribution in [0.15, 0.2) is 54.6 Å². The van der Waals surface area contributed by atoms with Crippen molar-refractivity contribution in [2.24, 2.45) is 0 Å². The molecule has 0 bridgehead atoms. The number of rotatable bonds is 4. The second-order valence-electron chi connectivity index (χ2n) is 3.98. The molecular formula is C15H15ClN2O. The Bertz CT molecular complexity index is 543. The molecule has 0 fully saturated rings. The molecule has 0 radical (unpaired) electrons. The minimum absolute atomic E-state index is 0.246. The van der Waals surface area contributed by atoms with Gasteiger partial charge in [0.2, 0.25) is 0 Å². The number of anilines is 1. The van der Waals surface area contributed by atoms with E-state index in [0.717, 1.165) is 16.8 Å². The van der Waals surface area contributed by atoms with Crippen LogP contribution < -0.4 is 10.6 Å². The highest BCUT2D eigenvalue weighted by Gasteiger charge is 2.06. The van der Waals surface area contributed by atoms with E-state index >= 15 is 0 Å². The van der Waals surface area contributed by atoms with Gasteiger partial charge >= 0.3 is 6.03 Å². The molecule has 98 valence electrons. The summed E-state index contributed by atoms with van der Waals surface area (Å²) in [6.45, 7) is 0.445. The number of alkyl halides is 1. The van der Waals surface area contributed by atoms with Crippen molar-refractivity contribution in [2.45, 2.75) is 0 Å². The van der Waals surface area contributed by atoms with Crippen LogP contribution in [0.1, 0.15) is 0 Å². The van der Waals surface area contributed by atoms with Crippen molar-refractivity contribution in [2.75, 3.05) is 17.7 Å². The van der Waals surface area contributed by atoms with Crippen molar-refractivity contribution in [3.8, 4) is 11.1 Å². The standard InChI is InChI=1S/C15H15ClN2O/c16-10-11-17-15(19)18-14-9-5-4-8-13(14)12-6-2-1-3-7-12/h1-9H,10-11H2,(H2,17,18,19). The van der Waals surface area contributed by atoms with E-state index in [2.05, 4.69) is 10.6 Å². The zero-order chi connectivity index (χ0) is 13.5. The highest BCUT2D eigenvalue weighted by molar-refractivity contribution is 6.18. The SMILES string of the molecule is O=C(NCCCl)Nc1ccccc1-c1ccccc1. The molecule has 0 aromatic heterocycles. The fraction of sp³-hybridized carbons (Fsp3) is 0.133. The van der Waals surface area contributed by atoms with Gasteiger partial charge in [0.1, 0.15) is 0 Å². The van der Waals surface area contributed by atoms with Gasteiger partial charge in [-0.05, 0) is 11.6 Å². The molecule has 0 unspecified atom stereocenters. The molecule has 3 nitrogen and oxygen atoms in total. The molecule has 0 heterocycles. The van der Waals surface area contributed by atoms with Crippen LogP contribution in [0.5, 0.6) is 0 Å². The van der Waals surface area contributed by atoms with Crippen LogP contribution in [0.2, 0.25) is 0 Å². The van der Waals surface area contributed by atoms with E-state index in [9.17, 15) is 4.79 Å². The lowest BCUT2D eigenvalue weighted by Gasteiger charge is -2.11. The van der Waals surface area contributed by atoms with E-state index in [-0.39, 0.29) is 6.03 Å². The highest BCUT2D eigenvalue weighted by Crippen LogP contribution is 2.27. The number of halogens is 1. The summed E-state index contributed by atoms with van der Waals surface area (Å²) in [6.07, 6.45) is 0. The van der Waals surface area contributed by atoms with Crippen LogP contribution in [0, 0.1) is 0 Å². The first-order valence-electron chi connectivity index (χ1n) is 6.06. The molecular weight excluding hydrogens is 260 g/mol. The quantitative estimate of drug-likeness (QED) is 0.820. The minimum atomic E-state index is -0.246. The van der Waals surface area contributed by atoms with E-state index in [1.807, 2.05) is 54.6 Å². The second kappa shape index (κ2) is 6.81. The maximum Gasteiger partial charge on any atom is 0.319 e. The van der Waals surface area contributed by atoms with Gasteiger partial charge in [-0.2, -0.15) is 0 Å². The molecule has 0 saturated heterocycles. The molecule has 2 N–H and O–H groups in total. The molecule has 2 aromatic rings. The molecule has 0 aliphatic carbocycles. The third-order valence-corrected chi connectivity index (χ3v) is 2.83. The number of urea groups is 1. The fourth-order valence-electron chi connectivity index (χ4n) is 1.79. The number of para-hydroxylation sites is 1. The Balaban J connectivity index is 2.20. The smallest absolute Gasteiger partial charge is 0.319 e. The predicted molar refractivity (Wildman–Crippen MR) is 79.6 cm³/mol. The molecule has 19 heavy (non-hydrogen) atoms. The maximum atomic E-state index is 11.7. The van der Waals surface area contributed by atoms with Crippen LogP contribution >= 0.6 is 11.6 Å². The van der Waals surface area contributed by atoms with Crippen LogP contribution in [-0.2, 0) is 0 Å². The number of hydrogen-bond acceptors (Lipinski definition) is 1. The average molecular weight is 275 g/mol. The summed E-state index contributed by atoms with van der Waals surface area (Å²) in [5, 5.41) is 5.51. The van der Waals surface area contributed by atoms with E-state index in [1.54, 1.807) is 0 Å². The number of hydrogen-bond donors (Lipinski definition) is 2. The molecule has 0 saturated carbocycles. The Morgan fingerprint density at radius 3 is 2.42 bits per heavy atom. The molecule has 0 spiro atoms. The first kappa shape index (κ1) is 13.4. The number of amides is 2. The predicted octanol–water partition coefficient (Wildman–Crippen LogP) is 3.71. The number of carbonyl (C=O) groups excluding carboxylic acids is 1. The zero-order valence-electron chi connectivity index (χ0n) is 10.4. The van der Waals surface area contributed by atoms with Crippen LogP contribution in [0.25, 0.3) is 11.1 Å². The van der Waals surface area contributed by atoms with Crippen molar-refractivity contribution in [1.29, 1.82) is 0 Å². The molecule has 0 aliphatic heterocycles. The molecule has 2 amide bonds. The first-order valence-corrected chi connectivity index (χ1v) is 6.60. The van der Waals surface area contributed by atoms with Crippen LogP contribution in [-0.4, -0.2) is 18.5 Å². The van der Waals surface area contributed by atoms with Crippen molar-refractivity contribution < 1.29 is 4.79 Å². The third kappa shape index (κ3) is 3.73. The number of benzene rings is 2. The second-order valence-corrected chi connectivity index (χ2v) is 4.36. The molecule has 2 aromatic carbocycles. The Morgan fingerprint density at radius 1 is 1.00 bits per heavy atom. The first-order chi connectivity index (χ1) is 9.31. The van der Waals surface area contributed by atoms with Gasteiger partial charge in [0.15, 0.2) is 0 Å². The summed E-state index contributed by atoms with van der Waals surface area (Å²) in [4.78, 5) is 11.7. The van der Waals surface area contributed by atoms with E-state index in [4.69, 9.17) is 11.6 Å². The normalized spacial score (nSPS) is 9.95. The van der Waals surface area contributed by atoms with Gasteiger partial charge in [0.05, 0.1) is 5.69 Å². The van der Waals surface area contributed by atoms with Crippen LogP contribution in [0.4, 0.5) is 10.5 Å². The van der Waals surface area contributed by atoms with Crippen molar-refractivity contribution in [1.82, 2.24) is 5.32 Å². The van der Waals surface area contributed by atoms with Gasteiger partial charge in [0, 0.05) is 18.0 Å². The summed E-state index contributed by atoms with van der Waals surface area (Å²) in [6, 6.07) is 17.4. The highest BCUT2D eigenvalue weighted by atomic mass is 35.5. The summed E-state index contributed by atoms with van der Waals surface area (Å²) in [5.41, 5.74) is 2.83. The molecule has 4 heteroatoms. The summed E-state index contributed by atoms with van der Waals surface area (Å²) in [7, 11) is 0. The van der Waals surface area contributed by atoms with Gasteiger partial charge in [-0.3, -0.25) is 0 Å². The lowest BCUT2D eigenvalue weighted by atomic mass is 10.0. The number of carbonyl (C=O) groups is 1. The van der Waals surface area contributed by atoms with Crippen molar-refractivity contribution >= 4 is 23.3 Å². The lowest BCUT2D eigenvalue weighted by Crippen LogP contribution is -2.30. The Hall–Kier alpha value is -2.00. The van der Waals surface area contributed by atoms with Crippen molar-refractivity contribution in [3.63, 3.8) is 0 Å². The van der Waals surface area contributed by atoms with Gasteiger partial charge < -0.3 is 10.6 Å². The van der Waals surface area contributed by atoms with Crippen LogP contribution in [0.3, 0.4) is 0 Å². The Morgan fingerprint density at radius 2 is 1.68 bits per heavy atom. The minimum Gasteiger partial charge on any atom is -0.337 e. The van der Waals surface area contributed by atoms with Gasteiger partial charge in [-0.15, -0.1) is 11.6 Å². The van der Waals surface area contributed by atoms with Crippen molar-refractivity contribution in [3.05, 3.63) is 54.6 Å². The largest absolute Gasteiger partial charge is 0.337 e. The maximum absolute atomic E-state index is 11.7. The zero-order valence-corrected chi connectivity index (χ0v) is 11.2. The summed E-state index contributed by atoms with van der Waals surface area (Å²) in [5.74, 6) is 0.397. The summed E-state index contributed by atoms with van der Waals surface area (Å²) >= 11 is 5.53.